The maximum atomic E-state index is 4.98. The lowest BCUT2D eigenvalue weighted by atomic mass is 9.99. The smallest absolute Gasteiger partial charge is 0.0979 e. The van der Waals surface area contributed by atoms with Crippen LogP contribution in [0.25, 0.3) is 43.6 Å². The molecule has 2 nitrogen and oxygen atoms in total. The molecule has 0 unspecified atom stereocenters. The summed E-state index contributed by atoms with van der Waals surface area (Å²) in [5.74, 6) is 0. The molecule has 0 aliphatic heterocycles. The molecule has 0 radical (unpaired) electrons. The Morgan fingerprint density at radius 1 is 0.625 bits per heavy atom. The van der Waals surface area contributed by atoms with Crippen molar-refractivity contribution in [3.05, 3.63) is 72.3 Å². The normalized spacial score (nSPS) is 11.7. The summed E-state index contributed by atoms with van der Waals surface area (Å²) >= 11 is 3.52. The number of benzene rings is 4. The predicted octanol–water partition coefficient (Wildman–Crippen LogP) is 5.98. The van der Waals surface area contributed by atoms with Gasteiger partial charge in [-0.05, 0) is 28.5 Å². The molecular weight excluding hydrogens is 360 g/mol. The molecule has 3 heteroatoms. The summed E-state index contributed by atoms with van der Waals surface area (Å²) in [4.78, 5) is 9.93. The number of hydrogen-bond donors (Lipinski definition) is 0. The van der Waals surface area contributed by atoms with Gasteiger partial charge in [0.2, 0.25) is 0 Å². The van der Waals surface area contributed by atoms with Crippen LogP contribution in [0.2, 0.25) is 0 Å². The van der Waals surface area contributed by atoms with Crippen molar-refractivity contribution in [2.24, 2.45) is 0 Å². The van der Waals surface area contributed by atoms with Gasteiger partial charge in [-0.1, -0.05) is 70.5 Å². The van der Waals surface area contributed by atoms with Crippen molar-refractivity contribution >= 4 is 59.5 Å². The SMILES string of the molecule is BrCc1ccc2nc3c4ccccc4c4ccccc4c3nc2c1. The number of halogens is 1. The van der Waals surface area contributed by atoms with E-state index in [1.165, 1.54) is 16.3 Å². The standard InChI is InChI=1S/C21H13BrN2/c22-12-13-9-10-18-19(11-13)24-21-17-8-4-2-6-15(17)14-5-1-3-7-16(14)20(21)23-18/h1-11H,12H2. The Balaban J connectivity index is 2.07. The van der Waals surface area contributed by atoms with E-state index in [4.69, 9.17) is 9.97 Å². The second kappa shape index (κ2) is 5.25. The van der Waals surface area contributed by atoms with Crippen molar-refractivity contribution in [1.82, 2.24) is 9.97 Å². The molecule has 1 heterocycles. The Bertz CT molecular complexity index is 1240. The van der Waals surface area contributed by atoms with Crippen LogP contribution in [0.5, 0.6) is 0 Å². The lowest BCUT2D eigenvalue weighted by Crippen LogP contribution is -1.92. The number of rotatable bonds is 1. The van der Waals surface area contributed by atoms with Gasteiger partial charge in [0.15, 0.2) is 0 Å². The summed E-state index contributed by atoms with van der Waals surface area (Å²) in [7, 11) is 0. The second-order valence-corrected chi connectivity index (χ2v) is 6.53. The molecule has 0 atom stereocenters. The molecule has 24 heavy (non-hydrogen) atoms. The fourth-order valence-corrected chi connectivity index (χ4v) is 3.76. The first-order chi connectivity index (χ1) is 11.8. The molecule has 1 aromatic heterocycles. The van der Waals surface area contributed by atoms with Crippen LogP contribution in [-0.4, -0.2) is 9.97 Å². The molecule has 0 spiro atoms. The quantitative estimate of drug-likeness (QED) is 0.205. The molecule has 5 rings (SSSR count). The van der Waals surface area contributed by atoms with Gasteiger partial charge in [-0.2, -0.15) is 0 Å². The van der Waals surface area contributed by atoms with Crippen LogP contribution < -0.4 is 0 Å². The minimum absolute atomic E-state index is 0.821. The Labute approximate surface area is 147 Å². The molecule has 0 bridgehead atoms. The Kier molecular flexibility index (Phi) is 3.03. The van der Waals surface area contributed by atoms with Crippen molar-refractivity contribution < 1.29 is 0 Å². The highest BCUT2D eigenvalue weighted by atomic mass is 79.9. The summed E-state index contributed by atoms with van der Waals surface area (Å²) < 4.78 is 0. The summed E-state index contributed by atoms with van der Waals surface area (Å²) in [5.41, 5.74) is 5.04. The fourth-order valence-electron chi connectivity index (χ4n) is 3.41. The molecule has 5 aromatic rings. The predicted molar refractivity (Wildman–Crippen MR) is 105 cm³/mol. The van der Waals surface area contributed by atoms with Crippen LogP contribution in [0.3, 0.4) is 0 Å². The largest absolute Gasteiger partial charge is 0.244 e. The highest BCUT2D eigenvalue weighted by Gasteiger charge is 2.11. The van der Waals surface area contributed by atoms with E-state index in [-0.39, 0.29) is 0 Å². The first-order valence-electron chi connectivity index (χ1n) is 7.91. The number of nitrogens with zero attached hydrogens (tertiary/aromatic N) is 2. The second-order valence-electron chi connectivity index (χ2n) is 5.97. The average molecular weight is 373 g/mol. The van der Waals surface area contributed by atoms with Crippen LogP contribution in [-0.2, 0) is 5.33 Å². The number of fused-ring (bicyclic) bond motifs is 7. The number of aromatic nitrogens is 2. The molecule has 0 aliphatic carbocycles. The van der Waals surface area contributed by atoms with Gasteiger partial charge in [-0.15, -0.1) is 0 Å². The van der Waals surface area contributed by atoms with Gasteiger partial charge < -0.3 is 0 Å². The van der Waals surface area contributed by atoms with E-state index in [1.807, 2.05) is 0 Å². The van der Waals surface area contributed by atoms with Crippen LogP contribution >= 0.6 is 15.9 Å². The molecule has 0 N–H and O–H groups in total. The summed E-state index contributed by atoms with van der Waals surface area (Å²) in [6.07, 6.45) is 0. The lowest BCUT2D eigenvalue weighted by Gasteiger charge is -2.10. The third-order valence-corrected chi connectivity index (χ3v) is 5.18. The van der Waals surface area contributed by atoms with E-state index in [9.17, 15) is 0 Å². The highest BCUT2D eigenvalue weighted by Crippen LogP contribution is 2.33. The number of alkyl halides is 1. The third kappa shape index (κ3) is 1.95. The van der Waals surface area contributed by atoms with Crippen LogP contribution in [0.4, 0.5) is 0 Å². The van der Waals surface area contributed by atoms with Crippen molar-refractivity contribution in [2.75, 3.05) is 0 Å². The van der Waals surface area contributed by atoms with Crippen molar-refractivity contribution in [3.8, 4) is 0 Å². The van der Waals surface area contributed by atoms with E-state index in [1.54, 1.807) is 0 Å². The first kappa shape index (κ1) is 13.9. The van der Waals surface area contributed by atoms with Crippen molar-refractivity contribution in [2.45, 2.75) is 5.33 Å². The summed E-state index contributed by atoms with van der Waals surface area (Å²) in [5, 5.41) is 5.59. The van der Waals surface area contributed by atoms with E-state index in [2.05, 4.69) is 82.7 Å². The Morgan fingerprint density at radius 2 is 1.17 bits per heavy atom. The Morgan fingerprint density at radius 3 is 1.75 bits per heavy atom. The highest BCUT2D eigenvalue weighted by molar-refractivity contribution is 9.08. The molecule has 0 saturated carbocycles. The number of hydrogen-bond acceptors (Lipinski definition) is 2. The average Bonchev–Trinajstić information content (AvgIpc) is 2.66. The zero-order valence-corrected chi connectivity index (χ0v) is 14.4. The molecular formula is C21H13BrN2. The molecule has 114 valence electrons. The van der Waals surface area contributed by atoms with Crippen LogP contribution in [0.15, 0.2) is 66.7 Å². The van der Waals surface area contributed by atoms with Gasteiger partial charge in [-0.25, -0.2) is 9.97 Å². The zero-order chi connectivity index (χ0) is 16.1. The van der Waals surface area contributed by atoms with E-state index in [0.717, 1.165) is 38.2 Å². The van der Waals surface area contributed by atoms with Gasteiger partial charge in [0.1, 0.15) is 0 Å². The maximum absolute atomic E-state index is 4.98. The van der Waals surface area contributed by atoms with Gasteiger partial charge in [-0.3, -0.25) is 0 Å². The van der Waals surface area contributed by atoms with Crippen LogP contribution in [0.1, 0.15) is 5.56 Å². The van der Waals surface area contributed by atoms with Gasteiger partial charge in [0, 0.05) is 16.1 Å². The zero-order valence-electron chi connectivity index (χ0n) is 12.8. The minimum Gasteiger partial charge on any atom is -0.244 e. The van der Waals surface area contributed by atoms with E-state index >= 15 is 0 Å². The molecule has 0 amide bonds. The Hall–Kier alpha value is -2.52. The molecule has 4 aromatic carbocycles. The fraction of sp³-hybridized carbons (Fsp3) is 0.0476. The first-order valence-corrected chi connectivity index (χ1v) is 9.03. The maximum Gasteiger partial charge on any atom is 0.0979 e. The van der Waals surface area contributed by atoms with Gasteiger partial charge >= 0.3 is 0 Å². The van der Waals surface area contributed by atoms with Crippen molar-refractivity contribution in [1.29, 1.82) is 0 Å². The van der Waals surface area contributed by atoms with Crippen LogP contribution in [0, 0.1) is 0 Å². The molecule has 0 aliphatic rings. The topological polar surface area (TPSA) is 25.8 Å². The summed E-state index contributed by atoms with van der Waals surface area (Å²) in [6, 6.07) is 23.2. The third-order valence-electron chi connectivity index (χ3n) is 4.54. The summed E-state index contributed by atoms with van der Waals surface area (Å²) in [6.45, 7) is 0. The lowest BCUT2D eigenvalue weighted by molar-refractivity contribution is 1.38. The van der Waals surface area contributed by atoms with E-state index in [0.29, 0.717) is 0 Å². The van der Waals surface area contributed by atoms with E-state index < -0.39 is 0 Å². The minimum atomic E-state index is 0.821. The monoisotopic (exact) mass is 372 g/mol. The van der Waals surface area contributed by atoms with Crippen molar-refractivity contribution in [3.63, 3.8) is 0 Å². The van der Waals surface area contributed by atoms with Gasteiger partial charge in [0.05, 0.1) is 22.1 Å². The molecule has 0 saturated heterocycles. The molecule has 0 fully saturated rings. The van der Waals surface area contributed by atoms with Gasteiger partial charge in [0.25, 0.3) is 0 Å².